The highest BCUT2D eigenvalue weighted by Crippen LogP contribution is 2.41. The summed E-state index contributed by atoms with van der Waals surface area (Å²) < 4.78 is 5.34. The standard InChI is InChI=1S/C18H28ClN3O/c1-3-20-18(21-10-5-6-11-23-4-2)22-17-13-16(17)14-8-7-9-15(19)12-14/h7-9,12,16-17H,3-6,10-11,13H2,1-2H3,(H2,20,21,22). The van der Waals surface area contributed by atoms with Crippen molar-refractivity contribution in [2.75, 3.05) is 26.3 Å². The minimum atomic E-state index is 0.453. The second-order valence-electron chi connectivity index (χ2n) is 5.81. The lowest BCUT2D eigenvalue weighted by molar-refractivity contribution is 0.144. The number of benzene rings is 1. The number of hydrogen-bond donors (Lipinski definition) is 2. The number of ether oxygens (including phenoxy) is 1. The molecular formula is C18H28ClN3O. The summed E-state index contributed by atoms with van der Waals surface area (Å²) in [4.78, 5) is 4.65. The highest BCUT2D eigenvalue weighted by molar-refractivity contribution is 6.30. The summed E-state index contributed by atoms with van der Waals surface area (Å²) in [5.41, 5.74) is 1.31. The quantitative estimate of drug-likeness (QED) is 0.411. The molecule has 2 atom stereocenters. The van der Waals surface area contributed by atoms with E-state index in [1.54, 1.807) is 0 Å². The van der Waals surface area contributed by atoms with E-state index in [9.17, 15) is 0 Å². The lowest BCUT2D eigenvalue weighted by Crippen LogP contribution is -2.39. The zero-order chi connectivity index (χ0) is 16.5. The zero-order valence-electron chi connectivity index (χ0n) is 14.1. The van der Waals surface area contributed by atoms with Crippen molar-refractivity contribution in [1.82, 2.24) is 10.6 Å². The first-order valence-corrected chi connectivity index (χ1v) is 9.00. The summed E-state index contributed by atoms with van der Waals surface area (Å²) in [5, 5.41) is 7.66. The highest BCUT2D eigenvalue weighted by atomic mass is 35.5. The molecule has 0 amide bonds. The van der Waals surface area contributed by atoms with Crippen LogP contribution in [-0.2, 0) is 4.74 Å². The van der Waals surface area contributed by atoms with E-state index in [4.69, 9.17) is 16.3 Å². The number of hydrogen-bond acceptors (Lipinski definition) is 2. The fourth-order valence-corrected chi connectivity index (χ4v) is 2.81. The van der Waals surface area contributed by atoms with Crippen LogP contribution < -0.4 is 10.6 Å². The molecule has 0 bridgehead atoms. The molecule has 0 aromatic heterocycles. The highest BCUT2D eigenvalue weighted by Gasteiger charge is 2.39. The van der Waals surface area contributed by atoms with Crippen molar-refractivity contribution in [3.05, 3.63) is 34.9 Å². The molecule has 5 heteroatoms. The van der Waals surface area contributed by atoms with Crippen molar-refractivity contribution in [3.63, 3.8) is 0 Å². The molecule has 2 N–H and O–H groups in total. The van der Waals surface area contributed by atoms with Gasteiger partial charge in [0.1, 0.15) is 0 Å². The Morgan fingerprint density at radius 3 is 2.96 bits per heavy atom. The van der Waals surface area contributed by atoms with Crippen molar-refractivity contribution in [2.45, 2.75) is 45.1 Å². The van der Waals surface area contributed by atoms with Gasteiger partial charge in [0.05, 0.1) is 0 Å². The number of halogens is 1. The molecule has 0 spiro atoms. The van der Waals surface area contributed by atoms with E-state index in [1.165, 1.54) is 5.56 Å². The van der Waals surface area contributed by atoms with Gasteiger partial charge in [0.25, 0.3) is 0 Å². The molecule has 1 aliphatic rings. The maximum absolute atomic E-state index is 6.07. The van der Waals surface area contributed by atoms with Crippen molar-refractivity contribution in [3.8, 4) is 0 Å². The monoisotopic (exact) mass is 337 g/mol. The molecule has 0 saturated heterocycles. The Bertz CT molecular complexity index is 507. The van der Waals surface area contributed by atoms with Crippen LogP contribution >= 0.6 is 11.6 Å². The van der Waals surface area contributed by atoms with Crippen LogP contribution in [0.25, 0.3) is 0 Å². The normalized spacial score (nSPS) is 20.4. The molecule has 1 aliphatic carbocycles. The molecule has 128 valence electrons. The van der Waals surface area contributed by atoms with Crippen molar-refractivity contribution < 1.29 is 4.74 Å². The number of guanidine groups is 1. The van der Waals surface area contributed by atoms with Gasteiger partial charge in [0.15, 0.2) is 5.96 Å². The summed E-state index contributed by atoms with van der Waals surface area (Å²) in [6, 6.07) is 8.60. The Labute approximate surface area is 144 Å². The van der Waals surface area contributed by atoms with Gasteiger partial charge >= 0.3 is 0 Å². The smallest absolute Gasteiger partial charge is 0.191 e. The lowest BCUT2D eigenvalue weighted by Gasteiger charge is -2.11. The van der Waals surface area contributed by atoms with E-state index in [1.807, 2.05) is 19.1 Å². The topological polar surface area (TPSA) is 45.7 Å². The molecule has 23 heavy (non-hydrogen) atoms. The number of rotatable bonds is 9. The van der Waals surface area contributed by atoms with Gasteiger partial charge in [-0.3, -0.25) is 4.99 Å². The van der Waals surface area contributed by atoms with Gasteiger partial charge in [-0.15, -0.1) is 0 Å². The maximum atomic E-state index is 6.07. The Balaban J connectivity index is 1.76. The minimum absolute atomic E-state index is 0.453. The third-order valence-electron chi connectivity index (χ3n) is 3.90. The molecule has 1 aromatic rings. The van der Waals surface area contributed by atoms with Gasteiger partial charge in [0.2, 0.25) is 0 Å². The van der Waals surface area contributed by atoms with E-state index in [0.717, 1.165) is 56.5 Å². The van der Waals surface area contributed by atoms with Gasteiger partial charge < -0.3 is 15.4 Å². The zero-order valence-corrected chi connectivity index (χ0v) is 14.9. The van der Waals surface area contributed by atoms with Gasteiger partial charge in [-0.2, -0.15) is 0 Å². The minimum Gasteiger partial charge on any atom is -0.382 e. The van der Waals surface area contributed by atoms with Crippen molar-refractivity contribution in [1.29, 1.82) is 0 Å². The number of unbranched alkanes of at least 4 members (excludes halogenated alkanes) is 1. The largest absolute Gasteiger partial charge is 0.382 e. The van der Waals surface area contributed by atoms with E-state index in [0.29, 0.717) is 12.0 Å². The van der Waals surface area contributed by atoms with Crippen LogP contribution in [0.4, 0.5) is 0 Å². The fraction of sp³-hybridized carbons (Fsp3) is 0.611. The van der Waals surface area contributed by atoms with Gasteiger partial charge in [-0.05, 0) is 50.8 Å². The third-order valence-corrected chi connectivity index (χ3v) is 4.14. The third kappa shape index (κ3) is 6.40. The van der Waals surface area contributed by atoms with E-state index in [2.05, 4.69) is 34.7 Å². The fourth-order valence-electron chi connectivity index (χ4n) is 2.61. The Hall–Kier alpha value is -1.26. The first-order chi connectivity index (χ1) is 11.2. The summed E-state index contributed by atoms with van der Waals surface area (Å²) in [7, 11) is 0. The van der Waals surface area contributed by atoms with Gasteiger partial charge in [-0.1, -0.05) is 23.7 Å². The molecule has 0 radical (unpaired) electrons. The predicted octanol–water partition coefficient (Wildman–Crippen LogP) is 3.57. The van der Waals surface area contributed by atoms with Crippen LogP contribution in [0.15, 0.2) is 29.3 Å². The van der Waals surface area contributed by atoms with Crippen LogP contribution in [0, 0.1) is 0 Å². The second kappa shape index (κ2) is 9.78. The van der Waals surface area contributed by atoms with Crippen LogP contribution in [0.5, 0.6) is 0 Å². The van der Waals surface area contributed by atoms with Crippen molar-refractivity contribution in [2.24, 2.45) is 4.99 Å². The van der Waals surface area contributed by atoms with E-state index in [-0.39, 0.29) is 0 Å². The molecule has 2 unspecified atom stereocenters. The predicted molar refractivity (Wildman–Crippen MR) is 97.4 cm³/mol. The van der Waals surface area contributed by atoms with Gasteiger partial charge in [0, 0.05) is 43.3 Å². The lowest BCUT2D eigenvalue weighted by atomic mass is 10.1. The van der Waals surface area contributed by atoms with Crippen LogP contribution in [-0.4, -0.2) is 38.3 Å². The Morgan fingerprint density at radius 1 is 1.35 bits per heavy atom. The van der Waals surface area contributed by atoms with E-state index >= 15 is 0 Å². The molecule has 0 aliphatic heterocycles. The number of nitrogens with one attached hydrogen (secondary N) is 2. The summed E-state index contributed by atoms with van der Waals surface area (Å²) in [6.45, 7) is 7.44. The summed E-state index contributed by atoms with van der Waals surface area (Å²) >= 11 is 6.07. The van der Waals surface area contributed by atoms with Crippen LogP contribution in [0.3, 0.4) is 0 Å². The molecule has 0 heterocycles. The molecule has 2 rings (SSSR count). The number of nitrogens with zero attached hydrogens (tertiary/aromatic N) is 1. The average Bonchev–Trinajstić information content (AvgIpc) is 3.30. The first-order valence-electron chi connectivity index (χ1n) is 8.62. The first kappa shape index (κ1) is 18.1. The second-order valence-corrected chi connectivity index (χ2v) is 6.25. The van der Waals surface area contributed by atoms with E-state index < -0.39 is 0 Å². The van der Waals surface area contributed by atoms with Gasteiger partial charge in [-0.25, -0.2) is 0 Å². The van der Waals surface area contributed by atoms with Crippen molar-refractivity contribution >= 4 is 17.6 Å². The molecule has 1 aromatic carbocycles. The Morgan fingerprint density at radius 2 is 2.22 bits per heavy atom. The molecule has 1 fully saturated rings. The summed E-state index contributed by atoms with van der Waals surface area (Å²) in [6.07, 6.45) is 3.25. The maximum Gasteiger partial charge on any atom is 0.191 e. The molecular weight excluding hydrogens is 310 g/mol. The summed E-state index contributed by atoms with van der Waals surface area (Å²) in [5.74, 6) is 1.45. The Kier molecular flexibility index (Phi) is 7.69. The molecule has 1 saturated carbocycles. The van der Waals surface area contributed by atoms with Crippen LogP contribution in [0.1, 0.15) is 44.6 Å². The average molecular weight is 338 g/mol. The van der Waals surface area contributed by atoms with Crippen LogP contribution in [0.2, 0.25) is 5.02 Å². The molecule has 4 nitrogen and oxygen atoms in total. The SMILES string of the molecule is CCNC(=NCCCCOCC)NC1CC1c1cccc(Cl)c1. The number of aliphatic imine (C=N–C) groups is 1.